The minimum atomic E-state index is 0.833. The van der Waals surface area contributed by atoms with Gasteiger partial charge < -0.3 is 5.32 Å². The van der Waals surface area contributed by atoms with Gasteiger partial charge in [0.05, 0.1) is 0 Å². The Labute approximate surface area is 94.8 Å². The highest BCUT2D eigenvalue weighted by atomic mass is 32.1. The second kappa shape index (κ2) is 4.90. The molecule has 0 amide bonds. The number of hydrogen-bond donors (Lipinski definition) is 1. The number of nitrogens with one attached hydrogen (secondary N) is 1. The summed E-state index contributed by atoms with van der Waals surface area (Å²) in [4.78, 5) is 2.46. The van der Waals surface area contributed by atoms with Crippen LogP contribution in [0.3, 0.4) is 0 Å². The predicted octanol–water partition coefficient (Wildman–Crippen LogP) is 1.81. The van der Waals surface area contributed by atoms with E-state index in [0.717, 1.165) is 29.7 Å². The molecular formula is C10H18N4S. The van der Waals surface area contributed by atoms with Crippen LogP contribution < -0.4 is 5.32 Å². The Bertz CT molecular complexity index is 312. The van der Waals surface area contributed by atoms with Crippen LogP contribution >= 0.6 is 11.5 Å². The zero-order valence-electron chi connectivity index (χ0n) is 9.36. The number of nitrogens with zero attached hydrogens (tertiary/aromatic N) is 3. The van der Waals surface area contributed by atoms with E-state index in [4.69, 9.17) is 0 Å². The largest absolute Gasteiger partial charge is 0.374 e. The fourth-order valence-electron chi connectivity index (χ4n) is 1.99. The molecule has 2 heterocycles. The van der Waals surface area contributed by atoms with Crippen molar-refractivity contribution in [3.8, 4) is 0 Å². The second-order valence-corrected chi connectivity index (χ2v) is 4.96. The number of aromatic nitrogens is 2. The lowest BCUT2D eigenvalue weighted by atomic mass is 10.2. The standard InChI is InChI=1S/C10H18N4S/c1-3-11-10-9(12-13-15-10)7-14-5-4-8(2)6-14/h8,11H,3-7H2,1-2H3. The smallest absolute Gasteiger partial charge is 0.134 e. The van der Waals surface area contributed by atoms with Crippen LogP contribution in [0.4, 0.5) is 5.00 Å². The molecule has 0 radical (unpaired) electrons. The first-order valence-electron chi connectivity index (χ1n) is 5.57. The summed E-state index contributed by atoms with van der Waals surface area (Å²) in [6, 6.07) is 0. The normalized spacial score (nSPS) is 22.1. The van der Waals surface area contributed by atoms with Crippen molar-refractivity contribution in [2.75, 3.05) is 25.0 Å². The van der Waals surface area contributed by atoms with Crippen molar-refractivity contribution in [1.82, 2.24) is 14.5 Å². The van der Waals surface area contributed by atoms with E-state index >= 15 is 0 Å². The molecule has 1 saturated heterocycles. The Morgan fingerprint density at radius 2 is 2.47 bits per heavy atom. The monoisotopic (exact) mass is 226 g/mol. The molecular weight excluding hydrogens is 208 g/mol. The highest BCUT2D eigenvalue weighted by Crippen LogP contribution is 2.22. The molecule has 5 heteroatoms. The van der Waals surface area contributed by atoms with Gasteiger partial charge in [0.25, 0.3) is 0 Å². The Kier molecular flexibility index (Phi) is 3.53. The van der Waals surface area contributed by atoms with E-state index in [9.17, 15) is 0 Å². The Morgan fingerprint density at radius 1 is 1.60 bits per heavy atom. The summed E-state index contributed by atoms with van der Waals surface area (Å²) in [7, 11) is 0. The molecule has 1 fully saturated rings. The van der Waals surface area contributed by atoms with E-state index in [2.05, 4.69) is 33.7 Å². The Hall–Kier alpha value is -0.680. The first-order valence-corrected chi connectivity index (χ1v) is 6.34. The van der Waals surface area contributed by atoms with Crippen LogP contribution in [0.5, 0.6) is 0 Å². The van der Waals surface area contributed by atoms with Crippen LogP contribution in [0.2, 0.25) is 0 Å². The highest BCUT2D eigenvalue weighted by Gasteiger charge is 2.20. The zero-order chi connectivity index (χ0) is 10.7. The third kappa shape index (κ3) is 2.66. The maximum absolute atomic E-state index is 4.19. The first kappa shape index (κ1) is 10.8. The maximum atomic E-state index is 4.19. The van der Waals surface area contributed by atoms with Gasteiger partial charge in [0, 0.05) is 31.2 Å². The number of likely N-dealkylation sites (tertiary alicyclic amines) is 1. The third-order valence-electron chi connectivity index (χ3n) is 2.77. The molecule has 4 nitrogen and oxygen atoms in total. The van der Waals surface area contributed by atoms with Gasteiger partial charge in [0.1, 0.15) is 10.7 Å². The summed E-state index contributed by atoms with van der Waals surface area (Å²) in [6.45, 7) is 8.69. The molecule has 0 spiro atoms. The molecule has 1 aromatic rings. The van der Waals surface area contributed by atoms with E-state index in [1.807, 2.05) is 0 Å². The van der Waals surface area contributed by atoms with E-state index in [1.165, 1.54) is 31.0 Å². The molecule has 15 heavy (non-hydrogen) atoms. The molecule has 2 rings (SSSR count). The molecule has 0 bridgehead atoms. The zero-order valence-corrected chi connectivity index (χ0v) is 10.2. The van der Waals surface area contributed by atoms with Crippen molar-refractivity contribution < 1.29 is 0 Å². The fraction of sp³-hybridized carbons (Fsp3) is 0.800. The van der Waals surface area contributed by atoms with E-state index in [1.54, 1.807) is 0 Å². The van der Waals surface area contributed by atoms with Crippen molar-refractivity contribution >= 4 is 16.5 Å². The molecule has 0 aliphatic carbocycles. The van der Waals surface area contributed by atoms with Crippen LogP contribution in [0.15, 0.2) is 0 Å². The van der Waals surface area contributed by atoms with Crippen molar-refractivity contribution in [2.45, 2.75) is 26.8 Å². The van der Waals surface area contributed by atoms with Crippen LogP contribution in [0.1, 0.15) is 26.0 Å². The molecule has 1 aromatic heterocycles. The van der Waals surface area contributed by atoms with Gasteiger partial charge in [0.2, 0.25) is 0 Å². The average molecular weight is 226 g/mol. The number of anilines is 1. The minimum Gasteiger partial charge on any atom is -0.374 e. The lowest BCUT2D eigenvalue weighted by molar-refractivity contribution is 0.316. The summed E-state index contributed by atoms with van der Waals surface area (Å²) in [5, 5.41) is 8.63. The van der Waals surface area contributed by atoms with Gasteiger partial charge in [-0.1, -0.05) is 11.4 Å². The van der Waals surface area contributed by atoms with Gasteiger partial charge in [-0.3, -0.25) is 4.90 Å². The lowest BCUT2D eigenvalue weighted by Gasteiger charge is -2.13. The Morgan fingerprint density at radius 3 is 3.13 bits per heavy atom. The van der Waals surface area contributed by atoms with E-state index in [-0.39, 0.29) is 0 Å². The molecule has 84 valence electrons. The predicted molar refractivity (Wildman–Crippen MR) is 63.1 cm³/mol. The van der Waals surface area contributed by atoms with Crippen molar-refractivity contribution in [2.24, 2.45) is 5.92 Å². The van der Waals surface area contributed by atoms with Gasteiger partial charge in [-0.15, -0.1) is 5.10 Å². The van der Waals surface area contributed by atoms with Gasteiger partial charge in [-0.05, 0) is 25.8 Å². The van der Waals surface area contributed by atoms with Crippen molar-refractivity contribution in [1.29, 1.82) is 0 Å². The van der Waals surface area contributed by atoms with Gasteiger partial charge in [-0.2, -0.15) is 0 Å². The summed E-state index contributed by atoms with van der Waals surface area (Å²) in [5.74, 6) is 0.833. The van der Waals surface area contributed by atoms with Gasteiger partial charge >= 0.3 is 0 Å². The summed E-state index contributed by atoms with van der Waals surface area (Å²) < 4.78 is 4.00. The second-order valence-electron chi connectivity index (χ2n) is 4.21. The molecule has 1 aliphatic heterocycles. The fourth-order valence-corrected chi connectivity index (χ4v) is 2.63. The Balaban J connectivity index is 1.95. The average Bonchev–Trinajstić information content (AvgIpc) is 2.78. The quantitative estimate of drug-likeness (QED) is 0.850. The molecule has 0 aromatic carbocycles. The van der Waals surface area contributed by atoms with Gasteiger partial charge in [0.15, 0.2) is 0 Å². The topological polar surface area (TPSA) is 41.1 Å². The van der Waals surface area contributed by atoms with E-state index in [0.29, 0.717) is 0 Å². The SMILES string of the molecule is CCNc1snnc1CN1CCC(C)C1. The minimum absolute atomic E-state index is 0.833. The molecule has 1 unspecified atom stereocenters. The molecule has 0 saturated carbocycles. The number of hydrogen-bond acceptors (Lipinski definition) is 5. The van der Waals surface area contributed by atoms with Gasteiger partial charge in [-0.25, -0.2) is 0 Å². The van der Waals surface area contributed by atoms with Crippen molar-refractivity contribution in [3.05, 3.63) is 5.69 Å². The first-order chi connectivity index (χ1) is 7.29. The molecule has 1 aliphatic rings. The summed E-state index contributed by atoms with van der Waals surface area (Å²) in [5.41, 5.74) is 1.11. The molecule has 1 atom stereocenters. The summed E-state index contributed by atoms with van der Waals surface area (Å²) in [6.07, 6.45) is 1.31. The van der Waals surface area contributed by atoms with Crippen LogP contribution in [-0.4, -0.2) is 34.1 Å². The third-order valence-corrected chi connectivity index (χ3v) is 3.50. The molecule has 1 N–H and O–H groups in total. The van der Waals surface area contributed by atoms with Crippen molar-refractivity contribution in [3.63, 3.8) is 0 Å². The van der Waals surface area contributed by atoms with Crippen LogP contribution in [0, 0.1) is 5.92 Å². The highest BCUT2D eigenvalue weighted by molar-refractivity contribution is 7.10. The van der Waals surface area contributed by atoms with Crippen LogP contribution in [-0.2, 0) is 6.54 Å². The van der Waals surface area contributed by atoms with Crippen LogP contribution in [0.25, 0.3) is 0 Å². The summed E-state index contributed by atoms with van der Waals surface area (Å²) >= 11 is 1.46. The lowest BCUT2D eigenvalue weighted by Crippen LogP contribution is -2.20. The van der Waals surface area contributed by atoms with E-state index < -0.39 is 0 Å². The maximum Gasteiger partial charge on any atom is 0.134 e. The number of rotatable bonds is 4.